The van der Waals surface area contributed by atoms with Gasteiger partial charge in [-0.1, -0.05) is 24.3 Å². The van der Waals surface area contributed by atoms with E-state index in [9.17, 15) is 9.90 Å². The van der Waals surface area contributed by atoms with Crippen LogP contribution in [0.3, 0.4) is 0 Å². The summed E-state index contributed by atoms with van der Waals surface area (Å²) in [6, 6.07) is 8.64. The average molecular weight is 333 g/mol. The Balaban J connectivity index is 1.48. The van der Waals surface area contributed by atoms with Crippen LogP contribution in [0.5, 0.6) is 0 Å². The van der Waals surface area contributed by atoms with Crippen molar-refractivity contribution in [2.75, 3.05) is 19.7 Å². The topological polar surface area (TPSA) is 59.0 Å². The van der Waals surface area contributed by atoms with Crippen molar-refractivity contribution < 1.29 is 19.4 Å². The second kappa shape index (κ2) is 6.73. The molecule has 2 heterocycles. The molecule has 0 saturated carbocycles. The van der Waals surface area contributed by atoms with Crippen molar-refractivity contribution in [3.05, 3.63) is 35.4 Å². The van der Waals surface area contributed by atoms with Crippen molar-refractivity contribution in [1.29, 1.82) is 0 Å². The number of cyclic esters (lactones) is 1. The van der Waals surface area contributed by atoms with Gasteiger partial charge >= 0.3 is 6.16 Å². The molecule has 0 aromatic heterocycles. The van der Waals surface area contributed by atoms with Crippen LogP contribution in [-0.2, 0) is 22.4 Å². The van der Waals surface area contributed by atoms with Crippen molar-refractivity contribution in [1.82, 2.24) is 4.90 Å². The van der Waals surface area contributed by atoms with Gasteiger partial charge in [-0.2, -0.15) is 0 Å². The fraction of sp³-hybridized carbons (Fsp3) is 0.632. The van der Waals surface area contributed by atoms with Gasteiger partial charge in [-0.3, -0.25) is 4.90 Å². The van der Waals surface area contributed by atoms with E-state index in [4.69, 9.17) is 9.47 Å². The maximum atomic E-state index is 11.2. The van der Waals surface area contributed by atoms with E-state index in [-0.39, 0.29) is 5.60 Å². The first-order valence-corrected chi connectivity index (χ1v) is 8.72. The number of likely N-dealkylation sites (tertiary alicyclic amines) is 1. The summed E-state index contributed by atoms with van der Waals surface area (Å²) in [5.41, 5.74) is 1.55. The fourth-order valence-corrected chi connectivity index (χ4v) is 3.31. The van der Waals surface area contributed by atoms with Crippen molar-refractivity contribution in [3.63, 3.8) is 0 Å². The highest BCUT2D eigenvalue weighted by Gasteiger charge is 2.44. The molecule has 5 nitrogen and oxygen atoms in total. The Kier molecular flexibility index (Phi) is 4.83. The maximum Gasteiger partial charge on any atom is 0.509 e. The van der Waals surface area contributed by atoms with Crippen molar-refractivity contribution in [3.8, 4) is 0 Å². The van der Waals surface area contributed by atoms with Crippen LogP contribution < -0.4 is 0 Å². The van der Waals surface area contributed by atoms with Gasteiger partial charge in [0.05, 0.1) is 5.60 Å². The summed E-state index contributed by atoms with van der Waals surface area (Å²) in [5.74, 6) is 0. The first-order chi connectivity index (χ1) is 11.3. The van der Waals surface area contributed by atoms with E-state index in [2.05, 4.69) is 29.2 Å². The molecule has 24 heavy (non-hydrogen) atoms. The highest BCUT2D eigenvalue weighted by Crippen LogP contribution is 2.32. The predicted molar refractivity (Wildman–Crippen MR) is 90.7 cm³/mol. The lowest BCUT2D eigenvalue weighted by atomic mass is 9.92. The molecule has 0 unspecified atom stereocenters. The number of carbonyl (C=O) groups is 1. The lowest BCUT2D eigenvalue weighted by Crippen LogP contribution is -2.45. The zero-order valence-corrected chi connectivity index (χ0v) is 14.6. The molecule has 0 radical (unpaired) electrons. The molecule has 3 rings (SSSR count). The van der Waals surface area contributed by atoms with Gasteiger partial charge in [0, 0.05) is 32.5 Å². The molecule has 2 aliphatic heterocycles. The number of aryl methyl sites for hydroxylation is 1. The third-order valence-corrected chi connectivity index (χ3v) is 4.97. The number of rotatable bonds is 5. The first-order valence-electron chi connectivity index (χ1n) is 8.72. The number of benzene rings is 1. The SMILES string of the molecule is CC(C)(O)CCc1ccc(CN2CCC3(CC2)COC(=O)O3)cc1. The van der Waals surface area contributed by atoms with Crippen LogP contribution in [0.15, 0.2) is 24.3 Å². The maximum absolute atomic E-state index is 11.2. The van der Waals surface area contributed by atoms with Gasteiger partial charge in [-0.15, -0.1) is 0 Å². The van der Waals surface area contributed by atoms with E-state index in [0.29, 0.717) is 6.61 Å². The van der Waals surface area contributed by atoms with E-state index in [1.54, 1.807) is 0 Å². The Morgan fingerprint density at radius 3 is 2.33 bits per heavy atom. The van der Waals surface area contributed by atoms with Crippen LogP contribution in [0.25, 0.3) is 0 Å². The molecule has 132 valence electrons. The number of hydrogen-bond donors (Lipinski definition) is 1. The van der Waals surface area contributed by atoms with Crippen LogP contribution >= 0.6 is 0 Å². The zero-order valence-electron chi connectivity index (χ0n) is 14.6. The summed E-state index contributed by atoms with van der Waals surface area (Å²) >= 11 is 0. The van der Waals surface area contributed by atoms with Crippen molar-refractivity contribution >= 4 is 6.16 Å². The first kappa shape index (κ1) is 17.2. The standard InChI is InChI=1S/C19H27NO4/c1-18(2,22)8-7-15-3-5-16(6-4-15)13-20-11-9-19(10-12-20)14-23-17(21)24-19/h3-6,22H,7-14H2,1-2H3. The zero-order chi connectivity index (χ0) is 17.2. The van der Waals surface area contributed by atoms with Crippen LogP contribution in [0, 0.1) is 0 Å². The highest BCUT2D eigenvalue weighted by molar-refractivity contribution is 5.62. The molecule has 2 fully saturated rings. The number of hydrogen-bond acceptors (Lipinski definition) is 5. The second-order valence-corrected chi connectivity index (χ2v) is 7.73. The Morgan fingerprint density at radius 1 is 1.17 bits per heavy atom. The van der Waals surface area contributed by atoms with Crippen molar-refractivity contribution in [2.45, 2.75) is 57.3 Å². The van der Waals surface area contributed by atoms with Crippen LogP contribution in [0.2, 0.25) is 0 Å². The third-order valence-electron chi connectivity index (χ3n) is 4.97. The highest BCUT2D eigenvalue weighted by atomic mass is 16.8. The summed E-state index contributed by atoms with van der Waals surface area (Å²) in [6.07, 6.45) is 2.80. The third kappa shape index (κ3) is 4.48. The summed E-state index contributed by atoms with van der Waals surface area (Å²) in [7, 11) is 0. The number of ether oxygens (including phenoxy) is 2. The number of carbonyl (C=O) groups excluding carboxylic acids is 1. The Labute approximate surface area is 143 Å². The molecule has 1 aromatic carbocycles. The lowest BCUT2D eigenvalue weighted by molar-refractivity contribution is -0.00163. The summed E-state index contributed by atoms with van der Waals surface area (Å²) in [4.78, 5) is 13.6. The molecular formula is C19H27NO4. The molecule has 1 N–H and O–H groups in total. The molecule has 1 aromatic rings. The van der Waals surface area contributed by atoms with Gasteiger partial charge in [-0.05, 0) is 37.8 Å². The van der Waals surface area contributed by atoms with E-state index < -0.39 is 11.8 Å². The van der Waals surface area contributed by atoms with E-state index in [1.807, 2.05) is 13.8 Å². The number of aliphatic hydroxyl groups is 1. The van der Waals surface area contributed by atoms with Gasteiger partial charge < -0.3 is 14.6 Å². The summed E-state index contributed by atoms with van der Waals surface area (Å²) in [5, 5.41) is 9.81. The molecule has 0 amide bonds. The Morgan fingerprint density at radius 2 is 1.79 bits per heavy atom. The monoisotopic (exact) mass is 333 g/mol. The predicted octanol–water partition coefficient (Wildman–Crippen LogP) is 2.89. The Bertz CT molecular complexity index is 568. The van der Waals surface area contributed by atoms with Crippen LogP contribution in [0.4, 0.5) is 4.79 Å². The van der Waals surface area contributed by atoms with Crippen molar-refractivity contribution in [2.24, 2.45) is 0 Å². The fourth-order valence-electron chi connectivity index (χ4n) is 3.31. The largest absolute Gasteiger partial charge is 0.509 e. The molecule has 2 saturated heterocycles. The van der Waals surface area contributed by atoms with Gasteiger partial charge in [0.15, 0.2) is 5.60 Å². The molecule has 2 aliphatic rings. The van der Waals surface area contributed by atoms with E-state index >= 15 is 0 Å². The molecular weight excluding hydrogens is 306 g/mol. The minimum Gasteiger partial charge on any atom is -0.430 e. The molecule has 0 atom stereocenters. The lowest BCUT2D eigenvalue weighted by Gasteiger charge is -2.36. The smallest absolute Gasteiger partial charge is 0.430 e. The normalized spacial score (nSPS) is 20.9. The quantitative estimate of drug-likeness (QED) is 0.840. The number of piperidine rings is 1. The van der Waals surface area contributed by atoms with Crippen LogP contribution in [-0.4, -0.2) is 47.1 Å². The molecule has 5 heteroatoms. The average Bonchev–Trinajstić information content (AvgIpc) is 2.89. The summed E-state index contributed by atoms with van der Waals surface area (Å²) < 4.78 is 10.3. The Hall–Kier alpha value is -1.59. The second-order valence-electron chi connectivity index (χ2n) is 7.73. The minimum atomic E-state index is -0.615. The van der Waals surface area contributed by atoms with E-state index in [1.165, 1.54) is 11.1 Å². The van der Waals surface area contributed by atoms with Gasteiger partial charge in [-0.25, -0.2) is 4.79 Å². The van der Waals surface area contributed by atoms with Gasteiger partial charge in [0.25, 0.3) is 0 Å². The molecule has 0 bridgehead atoms. The molecule has 1 spiro atoms. The number of nitrogens with zero attached hydrogens (tertiary/aromatic N) is 1. The minimum absolute atomic E-state index is 0.380. The van der Waals surface area contributed by atoms with E-state index in [0.717, 1.165) is 45.3 Å². The summed E-state index contributed by atoms with van der Waals surface area (Å²) in [6.45, 7) is 6.83. The van der Waals surface area contributed by atoms with Gasteiger partial charge in [0.1, 0.15) is 6.61 Å². The van der Waals surface area contributed by atoms with Gasteiger partial charge in [0.2, 0.25) is 0 Å². The van der Waals surface area contributed by atoms with Crippen LogP contribution in [0.1, 0.15) is 44.2 Å². The molecule has 0 aliphatic carbocycles.